The summed E-state index contributed by atoms with van der Waals surface area (Å²) in [4.78, 5) is 31.9. The quantitative estimate of drug-likeness (QED) is 0.896. The van der Waals surface area contributed by atoms with E-state index in [1.165, 1.54) is 31.0 Å². The highest BCUT2D eigenvalue weighted by molar-refractivity contribution is 8.13. The van der Waals surface area contributed by atoms with Gasteiger partial charge in [-0.1, -0.05) is 11.8 Å². The van der Waals surface area contributed by atoms with Crippen molar-refractivity contribution in [3.8, 4) is 0 Å². The molecule has 2 amide bonds. The number of amides is 2. The first-order valence-electron chi connectivity index (χ1n) is 8.15. The second-order valence-corrected chi connectivity index (χ2v) is 6.90. The second kappa shape index (κ2) is 7.68. The number of anilines is 2. The Balaban J connectivity index is 1.47. The van der Waals surface area contributed by atoms with Crippen molar-refractivity contribution in [3.63, 3.8) is 0 Å². The number of hydrogen-bond acceptors (Lipinski definition) is 5. The summed E-state index contributed by atoms with van der Waals surface area (Å²) in [6.07, 6.45) is 5.75. The summed E-state index contributed by atoms with van der Waals surface area (Å²) >= 11 is 1.32. The summed E-state index contributed by atoms with van der Waals surface area (Å²) in [6.45, 7) is 3.33. The molecule has 6 nitrogen and oxygen atoms in total. The molecule has 0 atom stereocenters. The van der Waals surface area contributed by atoms with E-state index in [0.717, 1.165) is 31.2 Å². The fraction of sp³-hybridized carbons (Fsp3) is 0.562. The number of nitrogens with one attached hydrogen (secondary N) is 1. The molecule has 7 heteroatoms. The molecule has 0 bridgehead atoms. The average Bonchev–Trinajstić information content (AvgIpc) is 3.00. The summed E-state index contributed by atoms with van der Waals surface area (Å²) in [7, 11) is 0. The topological polar surface area (TPSA) is 65.5 Å². The molecule has 0 aromatic carbocycles. The number of thioether (sulfide) groups is 1. The first-order chi connectivity index (χ1) is 11.2. The zero-order chi connectivity index (χ0) is 16.1. The molecule has 0 unspecified atom stereocenters. The maximum atomic E-state index is 12.0. The third-order valence-electron chi connectivity index (χ3n) is 4.17. The van der Waals surface area contributed by atoms with Crippen LogP contribution in [-0.2, 0) is 4.79 Å². The molecule has 1 aromatic rings. The molecular weight excluding hydrogens is 312 g/mol. The molecular formula is C16H22N4O2S. The maximum absolute atomic E-state index is 12.0. The number of carbonyl (C=O) groups excluding carboxylic acids is 2. The van der Waals surface area contributed by atoms with E-state index in [4.69, 9.17) is 0 Å². The van der Waals surface area contributed by atoms with Crippen LogP contribution >= 0.6 is 11.8 Å². The van der Waals surface area contributed by atoms with Crippen molar-refractivity contribution in [1.29, 1.82) is 0 Å². The highest BCUT2D eigenvalue weighted by Gasteiger charge is 2.21. The van der Waals surface area contributed by atoms with Crippen LogP contribution in [0.2, 0.25) is 0 Å². The van der Waals surface area contributed by atoms with E-state index in [2.05, 4.69) is 15.2 Å². The van der Waals surface area contributed by atoms with Gasteiger partial charge in [0.05, 0.1) is 11.9 Å². The Bertz CT molecular complexity index is 558. The van der Waals surface area contributed by atoms with E-state index in [1.807, 2.05) is 12.1 Å². The first kappa shape index (κ1) is 16.1. The van der Waals surface area contributed by atoms with Crippen molar-refractivity contribution >= 4 is 34.4 Å². The minimum Gasteiger partial charge on any atom is -0.357 e. The third kappa shape index (κ3) is 4.37. The van der Waals surface area contributed by atoms with Crippen LogP contribution in [0, 0.1) is 0 Å². The number of piperidine rings is 1. The predicted molar refractivity (Wildman–Crippen MR) is 93.0 cm³/mol. The summed E-state index contributed by atoms with van der Waals surface area (Å²) in [5.74, 6) is 1.71. The lowest BCUT2D eigenvalue weighted by molar-refractivity contribution is -0.116. The number of nitrogens with zero attached hydrogens (tertiary/aromatic N) is 3. The Hall–Kier alpha value is -1.76. The van der Waals surface area contributed by atoms with Gasteiger partial charge in [-0.3, -0.25) is 9.59 Å². The van der Waals surface area contributed by atoms with Crippen molar-refractivity contribution in [1.82, 2.24) is 9.88 Å². The van der Waals surface area contributed by atoms with Crippen LogP contribution in [0.5, 0.6) is 0 Å². The predicted octanol–water partition coefficient (Wildman–Crippen LogP) is 2.57. The van der Waals surface area contributed by atoms with Gasteiger partial charge in [0.25, 0.3) is 5.24 Å². The van der Waals surface area contributed by atoms with Crippen LogP contribution in [0.15, 0.2) is 18.3 Å². The van der Waals surface area contributed by atoms with Gasteiger partial charge in [-0.2, -0.15) is 0 Å². The molecule has 2 aliphatic heterocycles. The van der Waals surface area contributed by atoms with Crippen molar-refractivity contribution in [2.24, 2.45) is 0 Å². The fourth-order valence-electron chi connectivity index (χ4n) is 2.86. The average molecular weight is 334 g/mol. The van der Waals surface area contributed by atoms with Crippen molar-refractivity contribution in [2.75, 3.05) is 42.1 Å². The highest BCUT2D eigenvalue weighted by atomic mass is 32.2. The van der Waals surface area contributed by atoms with E-state index in [-0.39, 0.29) is 11.1 Å². The van der Waals surface area contributed by atoms with Gasteiger partial charge in [0.15, 0.2) is 0 Å². The molecule has 124 valence electrons. The van der Waals surface area contributed by atoms with Gasteiger partial charge in [-0.25, -0.2) is 4.98 Å². The number of aromatic nitrogens is 1. The molecule has 0 aliphatic carbocycles. The van der Waals surface area contributed by atoms with Crippen molar-refractivity contribution < 1.29 is 9.59 Å². The largest absolute Gasteiger partial charge is 0.357 e. The summed E-state index contributed by atoms with van der Waals surface area (Å²) < 4.78 is 0. The van der Waals surface area contributed by atoms with Crippen LogP contribution < -0.4 is 10.2 Å². The van der Waals surface area contributed by atoms with E-state index < -0.39 is 0 Å². The van der Waals surface area contributed by atoms with Gasteiger partial charge in [0.2, 0.25) is 5.91 Å². The van der Waals surface area contributed by atoms with Gasteiger partial charge < -0.3 is 15.1 Å². The molecule has 2 fully saturated rings. The van der Waals surface area contributed by atoms with Gasteiger partial charge in [0, 0.05) is 38.4 Å². The maximum Gasteiger partial charge on any atom is 0.281 e. The second-order valence-electron chi connectivity index (χ2n) is 5.85. The molecule has 2 saturated heterocycles. The van der Waals surface area contributed by atoms with Crippen LogP contribution in [0.25, 0.3) is 0 Å². The van der Waals surface area contributed by atoms with Gasteiger partial charge >= 0.3 is 0 Å². The molecule has 1 aromatic heterocycles. The van der Waals surface area contributed by atoms with Crippen LogP contribution in [0.4, 0.5) is 16.3 Å². The van der Waals surface area contributed by atoms with Crippen LogP contribution in [0.3, 0.4) is 0 Å². The SMILES string of the molecule is O=C(CCN1CCSC1=O)Nc1ccc(N2CCCCC2)nc1. The lowest BCUT2D eigenvalue weighted by atomic mass is 10.1. The highest BCUT2D eigenvalue weighted by Crippen LogP contribution is 2.19. The molecule has 0 radical (unpaired) electrons. The van der Waals surface area contributed by atoms with Crippen molar-refractivity contribution in [3.05, 3.63) is 18.3 Å². The number of rotatable bonds is 5. The lowest BCUT2D eigenvalue weighted by Crippen LogP contribution is -2.30. The molecule has 0 spiro atoms. The molecule has 2 aliphatic rings. The molecule has 1 N–H and O–H groups in total. The van der Waals surface area contributed by atoms with E-state index >= 15 is 0 Å². The van der Waals surface area contributed by atoms with E-state index in [1.54, 1.807) is 11.1 Å². The summed E-state index contributed by atoms with van der Waals surface area (Å²) in [5, 5.41) is 2.92. The van der Waals surface area contributed by atoms with Gasteiger partial charge in [-0.15, -0.1) is 0 Å². The van der Waals surface area contributed by atoms with Crippen molar-refractivity contribution in [2.45, 2.75) is 25.7 Å². The van der Waals surface area contributed by atoms with Gasteiger partial charge in [0.1, 0.15) is 5.82 Å². The Morgan fingerprint density at radius 1 is 1.22 bits per heavy atom. The Morgan fingerprint density at radius 2 is 2.04 bits per heavy atom. The minimum atomic E-state index is -0.0813. The summed E-state index contributed by atoms with van der Waals surface area (Å²) in [6, 6.07) is 3.85. The number of hydrogen-bond donors (Lipinski definition) is 1. The zero-order valence-corrected chi connectivity index (χ0v) is 14.0. The van der Waals surface area contributed by atoms with Crippen LogP contribution in [0.1, 0.15) is 25.7 Å². The Labute approximate surface area is 140 Å². The number of pyridine rings is 1. The first-order valence-corrected chi connectivity index (χ1v) is 9.13. The van der Waals surface area contributed by atoms with E-state index in [9.17, 15) is 9.59 Å². The Morgan fingerprint density at radius 3 is 2.70 bits per heavy atom. The smallest absolute Gasteiger partial charge is 0.281 e. The zero-order valence-electron chi connectivity index (χ0n) is 13.2. The number of carbonyl (C=O) groups is 2. The Kier molecular flexibility index (Phi) is 5.38. The minimum absolute atomic E-state index is 0.0744. The molecule has 3 rings (SSSR count). The monoisotopic (exact) mass is 334 g/mol. The summed E-state index contributed by atoms with van der Waals surface area (Å²) in [5.41, 5.74) is 0.706. The molecule has 23 heavy (non-hydrogen) atoms. The standard InChI is InChI=1S/C16H22N4O2S/c21-15(6-9-20-10-11-23-16(20)22)18-13-4-5-14(17-12-13)19-7-2-1-3-8-19/h4-5,12H,1-3,6-11H2,(H,18,21). The normalized spacial score (nSPS) is 18.3. The van der Waals surface area contributed by atoms with Crippen LogP contribution in [-0.4, -0.2) is 53.0 Å². The lowest BCUT2D eigenvalue weighted by Gasteiger charge is -2.27. The molecule has 0 saturated carbocycles. The van der Waals surface area contributed by atoms with E-state index in [0.29, 0.717) is 18.7 Å². The fourth-order valence-corrected chi connectivity index (χ4v) is 3.71. The third-order valence-corrected chi connectivity index (χ3v) is 5.06. The van der Waals surface area contributed by atoms with Gasteiger partial charge in [-0.05, 0) is 31.4 Å². The molecule has 3 heterocycles.